The lowest BCUT2D eigenvalue weighted by atomic mass is 9.85. The van der Waals surface area contributed by atoms with E-state index in [1.807, 2.05) is 12.1 Å². The van der Waals surface area contributed by atoms with Crippen molar-refractivity contribution in [1.29, 1.82) is 0 Å². The molecule has 0 saturated heterocycles. The number of aromatic nitrogens is 1. The quantitative estimate of drug-likeness (QED) is 0.894. The first-order chi connectivity index (χ1) is 10.1. The third-order valence-electron chi connectivity index (χ3n) is 5.24. The molecular weight excluding hydrogens is 264 g/mol. The minimum atomic E-state index is -0.0613. The molecule has 2 saturated carbocycles. The number of amides is 1. The summed E-state index contributed by atoms with van der Waals surface area (Å²) in [4.78, 5) is 16.7. The number of fused-ring (bicyclic) bond motifs is 2. The first-order valence-electron chi connectivity index (χ1n) is 7.97. The van der Waals surface area contributed by atoms with Crippen molar-refractivity contribution in [2.45, 2.75) is 45.1 Å². The Balaban J connectivity index is 1.68. The SMILES string of the molecule is CC(C)c1ccc(C(=O)NC2C3CCC(C3)C2CO)cn1. The van der Waals surface area contributed by atoms with Gasteiger partial charge in [-0.15, -0.1) is 0 Å². The molecule has 21 heavy (non-hydrogen) atoms. The molecule has 0 radical (unpaired) electrons. The van der Waals surface area contributed by atoms with Crippen LogP contribution in [0.2, 0.25) is 0 Å². The number of hydrogen-bond acceptors (Lipinski definition) is 3. The zero-order valence-corrected chi connectivity index (χ0v) is 12.7. The second-order valence-electron chi connectivity index (χ2n) is 6.81. The summed E-state index contributed by atoms with van der Waals surface area (Å²) in [6.45, 7) is 4.35. The Labute approximate surface area is 126 Å². The van der Waals surface area contributed by atoms with Gasteiger partial charge in [0, 0.05) is 30.5 Å². The Hall–Kier alpha value is -1.42. The van der Waals surface area contributed by atoms with Gasteiger partial charge in [0.15, 0.2) is 0 Å². The van der Waals surface area contributed by atoms with Gasteiger partial charge >= 0.3 is 0 Å². The number of aliphatic hydroxyl groups excluding tert-OH is 1. The first-order valence-corrected chi connectivity index (χ1v) is 7.97. The molecule has 2 aliphatic rings. The number of carbonyl (C=O) groups is 1. The van der Waals surface area contributed by atoms with Crippen LogP contribution >= 0.6 is 0 Å². The Kier molecular flexibility index (Phi) is 3.98. The van der Waals surface area contributed by atoms with Crippen LogP contribution < -0.4 is 5.32 Å². The summed E-state index contributed by atoms with van der Waals surface area (Å²) in [5, 5.41) is 12.7. The van der Waals surface area contributed by atoms with E-state index in [1.165, 1.54) is 12.8 Å². The van der Waals surface area contributed by atoms with Gasteiger partial charge in [-0.2, -0.15) is 0 Å². The summed E-state index contributed by atoms with van der Waals surface area (Å²) in [7, 11) is 0. The van der Waals surface area contributed by atoms with Crippen molar-refractivity contribution in [1.82, 2.24) is 10.3 Å². The van der Waals surface area contributed by atoms with Gasteiger partial charge in [0.2, 0.25) is 0 Å². The summed E-state index contributed by atoms with van der Waals surface area (Å²) in [5.41, 5.74) is 1.61. The van der Waals surface area contributed by atoms with Crippen molar-refractivity contribution < 1.29 is 9.90 Å². The summed E-state index contributed by atoms with van der Waals surface area (Å²) < 4.78 is 0. The third kappa shape index (κ3) is 2.69. The molecule has 0 spiro atoms. The fourth-order valence-electron chi connectivity index (χ4n) is 4.01. The number of nitrogens with one attached hydrogen (secondary N) is 1. The van der Waals surface area contributed by atoms with Crippen molar-refractivity contribution in [3.05, 3.63) is 29.6 Å². The molecular formula is C17H24N2O2. The summed E-state index contributed by atoms with van der Waals surface area (Å²) in [6, 6.07) is 3.90. The van der Waals surface area contributed by atoms with Gasteiger partial charge in [0.1, 0.15) is 0 Å². The van der Waals surface area contributed by atoms with E-state index < -0.39 is 0 Å². The monoisotopic (exact) mass is 288 g/mol. The predicted molar refractivity (Wildman–Crippen MR) is 81.0 cm³/mol. The van der Waals surface area contributed by atoms with Crippen LogP contribution in [0.5, 0.6) is 0 Å². The zero-order valence-electron chi connectivity index (χ0n) is 12.7. The topological polar surface area (TPSA) is 62.2 Å². The molecule has 3 rings (SSSR count). The van der Waals surface area contributed by atoms with Crippen molar-refractivity contribution in [3.8, 4) is 0 Å². The lowest BCUT2D eigenvalue weighted by Crippen LogP contribution is -2.45. The van der Waals surface area contributed by atoms with E-state index in [-0.39, 0.29) is 24.5 Å². The van der Waals surface area contributed by atoms with Crippen LogP contribution in [0.3, 0.4) is 0 Å². The molecule has 0 aromatic carbocycles. The summed E-state index contributed by atoms with van der Waals surface area (Å²) in [5.74, 6) is 1.67. The smallest absolute Gasteiger partial charge is 0.253 e. The van der Waals surface area contributed by atoms with Gasteiger partial charge in [-0.1, -0.05) is 13.8 Å². The maximum atomic E-state index is 12.4. The first kappa shape index (κ1) is 14.5. The van der Waals surface area contributed by atoms with Crippen LogP contribution in [0.25, 0.3) is 0 Å². The largest absolute Gasteiger partial charge is 0.396 e. The second kappa shape index (κ2) is 5.76. The Morgan fingerprint density at radius 2 is 2.14 bits per heavy atom. The van der Waals surface area contributed by atoms with Gasteiger partial charge in [0.25, 0.3) is 5.91 Å². The van der Waals surface area contributed by atoms with Crippen LogP contribution in [-0.2, 0) is 0 Å². The average molecular weight is 288 g/mol. The van der Waals surface area contributed by atoms with Gasteiger partial charge in [-0.3, -0.25) is 9.78 Å². The Bertz CT molecular complexity index is 512. The van der Waals surface area contributed by atoms with E-state index >= 15 is 0 Å². The molecule has 4 nitrogen and oxygen atoms in total. The highest BCUT2D eigenvalue weighted by molar-refractivity contribution is 5.94. The van der Waals surface area contributed by atoms with Crippen molar-refractivity contribution in [2.24, 2.45) is 17.8 Å². The van der Waals surface area contributed by atoms with Crippen molar-refractivity contribution >= 4 is 5.91 Å². The minimum absolute atomic E-state index is 0.0613. The number of aliphatic hydroxyl groups is 1. The molecule has 1 heterocycles. The van der Waals surface area contributed by atoms with Gasteiger partial charge in [0.05, 0.1) is 5.56 Å². The normalized spacial score (nSPS) is 30.9. The molecule has 1 aromatic rings. The number of pyridine rings is 1. The molecule has 2 fully saturated rings. The fraction of sp³-hybridized carbons (Fsp3) is 0.647. The lowest BCUT2D eigenvalue weighted by Gasteiger charge is -2.30. The highest BCUT2D eigenvalue weighted by Gasteiger charge is 2.47. The van der Waals surface area contributed by atoms with E-state index in [0.29, 0.717) is 23.3 Å². The van der Waals surface area contributed by atoms with Crippen LogP contribution in [0, 0.1) is 17.8 Å². The van der Waals surface area contributed by atoms with E-state index in [2.05, 4.69) is 24.1 Å². The molecule has 2 aliphatic carbocycles. The zero-order chi connectivity index (χ0) is 15.0. The van der Waals surface area contributed by atoms with Crippen LogP contribution in [-0.4, -0.2) is 28.6 Å². The molecule has 2 N–H and O–H groups in total. The van der Waals surface area contributed by atoms with Crippen LogP contribution in [0.1, 0.15) is 55.1 Å². The van der Waals surface area contributed by atoms with E-state index in [0.717, 1.165) is 12.1 Å². The minimum Gasteiger partial charge on any atom is -0.396 e. The number of carbonyl (C=O) groups excluding carboxylic acids is 1. The predicted octanol–water partition coefficient (Wildman–Crippen LogP) is 2.34. The third-order valence-corrected chi connectivity index (χ3v) is 5.24. The van der Waals surface area contributed by atoms with Gasteiger partial charge in [-0.25, -0.2) is 0 Å². The van der Waals surface area contributed by atoms with E-state index in [4.69, 9.17) is 0 Å². The van der Waals surface area contributed by atoms with Crippen LogP contribution in [0.15, 0.2) is 18.3 Å². The highest BCUT2D eigenvalue weighted by atomic mass is 16.3. The second-order valence-corrected chi connectivity index (χ2v) is 6.81. The number of hydrogen-bond donors (Lipinski definition) is 2. The van der Waals surface area contributed by atoms with Crippen molar-refractivity contribution in [3.63, 3.8) is 0 Å². The molecule has 4 unspecified atom stereocenters. The fourth-order valence-corrected chi connectivity index (χ4v) is 4.01. The Morgan fingerprint density at radius 1 is 1.38 bits per heavy atom. The Morgan fingerprint density at radius 3 is 2.76 bits per heavy atom. The maximum absolute atomic E-state index is 12.4. The number of rotatable bonds is 4. The maximum Gasteiger partial charge on any atom is 0.253 e. The molecule has 1 amide bonds. The molecule has 4 heteroatoms. The summed E-state index contributed by atoms with van der Waals surface area (Å²) in [6.07, 6.45) is 5.19. The lowest BCUT2D eigenvalue weighted by molar-refractivity contribution is 0.0861. The van der Waals surface area contributed by atoms with Gasteiger partial charge < -0.3 is 10.4 Å². The molecule has 0 aliphatic heterocycles. The van der Waals surface area contributed by atoms with E-state index in [1.54, 1.807) is 6.20 Å². The molecule has 114 valence electrons. The van der Waals surface area contributed by atoms with Crippen LogP contribution in [0.4, 0.5) is 0 Å². The standard InChI is InChI=1S/C17H24N2O2/c1-10(2)15-6-5-13(8-18-15)17(21)19-16-12-4-3-11(7-12)14(16)9-20/h5-6,8,10-12,14,16,20H,3-4,7,9H2,1-2H3,(H,19,21). The summed E-state index contributed by atoms with van der Waals surface area (Å²) >= 11 is 0. The van der Waals surface area contributed by atoms with Crippen molar-refractivity contribution in [2.75, 3.05) is 6.61 Å². The highest BCUT2D eigenvalue weighted by Crippen LogP contribution is 2.48. The average Bonchev–Trinajstić information content (AvgIpc) is 3.08. The number of nitrogens with zero attached hydrogens (tertiary/aromatic N) is 1. The van der Waals surface area contributed by atoms with Gasteiger partial charge in [-0.05, 0) is 49.1 Å². The molecule has 4 atom stereocenters. The molecule has 1 aromatic heterocycles. The van der Waals surface area contributed by atoms with E-state index in [9.17, 15) is 9.90 Å². The molecule has 2 bridgehead atoms.